The van der Waals surface area contributed by atoms with E-state index in [-0.39, 0.29) is 0 Å². The van der Waals surface area contributed by atoms with E-state index in [1.165, 1.54) is 66.0 Å². The lowest BCUT2D eigenvalue weighted by molar-refractivity contribution is 1.19. The molecule has 0 nitrogen and oxygen atoms in total. The first-order valence-corrected chi connectivity index (χ1v) is 18.0. The van der Waals surface area contributed by atoms with Gasteiger partial charge in [0.2, 0.25) is 0 Å². The maximum absolute atomic E-state index is 2.88. The lowest BCUT2D eigenvalue weighted by atomic mass is 9.97. The SMILES string of the molecule is CC1=C([Si](C2=C(C)Cc3cccc(-c4ccccc4)c32)(c2ccccc2)c2ccccc2)c2c(cccc2-c2ccccc2)C1. The Bertz CT molecular complexity index is 1930. The van der Waals surface area contributed by atoms with Gasteiger partial charge in [0, 0.05) is 0 Å². The van der Waals surface area contributed by atoms with Crippen molar-refractivity contribution in [3.05, 3.63) is 191 Å². The molecule has 0 amide bonds. The molecule has 0 N–H and O–H groups in total. The molecule has 0 aliphatic heterocycles. The van der Waals surface area contributed by atoms with Gasteiger partial charge in [0.15, 0.2) is 8.07 Å². The van der Waals surface area contributed by atoms with Crippen molar-refractivity contribution in [3.63, 3.8) is 0 Å². The van der Waals surface area contributed by atoms with E-state index >= 15 is 0 Å². The molecule has 0 unspecified atom stereocenters. The zero-order valence-corrected chi connectivity index (χ0v) is 26.9. The van der Waals surface area contributed by atoms with Crippen molar-refractivity contribution in [3.8, 4) is 22.3 Å². The highest BCUT2D eigenvalue weighted by Crippen LogP contribution is 2.52. The number of fused-ring (bicyclic) bond motifs is 2. The van der Waals surface area contributed by atoms with Gasteiger partial charge < -0.3 is 0 Å². The van der Waals surface area contributed by atoms with Crippen molar-refractivity contribution in [2.24, 2.45) is 0 Å². The number of allylic oxidation sites excluding steroid dienone is 2. The minimum atomic E-state index is -2.88. The maximum atomic E-state index is 2.42. The van der Waals surface area contributed by atoms with Crippen LogP contribution in [0.15, 0.2) is 169 Å². The van der Waals surface area contributed by atoms with Gasteiger partial charge in [-0.05, 0) is 92.0 Å². The van der Waals surface area contributed by atoms with E-state index in [1.54, 1.807) is 10.4 Å². The van der Waals surface area contributed by atoms with Gasteiger partial charge in [-0.1, -0.05) is 169 Å². The van der Waals surface area contributed by atoms with Crippen LogP contribution in [0.4, 0.5) is 0 Å². The lowest BCUT2D eigenvalue weighted by Gasteiger charge is -2.39. The molecule has 0 heterocycles. The predicted octanol–water partition coefficient (Wildman–Crippen LogP) is 9.72. The van der Waals surface area contributed by atoms with Crippen molar-refractivity contribution in [1.82, 2.24) is 0 Å². The van der Waals surface area contributed by atoms with Gasteiger partial charge in [-0.2, -0.15) is 0 Å². The molecule has 0 aromatic heterocycles. The first kappa shape index (κ1) is 27.6. The highest BCUT2D eigenvalue weighted by atomic mass is 28.3. The van der Waals surface area contributed by atoms with Gasteiger partial charge in [-0.3, -0.25) is 0 Å². The second-order valence-corrected chi connectivity index (χ2v) is 16.2. The summed E-state index contributed by atoms with van der Waals surface area (Å²) in [5.74, 6) is 0. The van der Waals surface area contributed by atoms with Crippen LogP contribution in [0.1, 0.15) is 36.1 Å². The third kappa shape index (κ3) is 4.34. The second kappa shape index (κ2) is 11.2. The van der Waals surface area contributed by atoms with Crippen molar-refractivity contribution in [2.45, 2.75) is 26.7 Å². The van der Waals surface area contributed by atoms with E-state index < -0.39 is 8.07 Å². The molecule has 0 atom stereocenters. The summed E-state index contributed by atoms with van der Waals surface area (Å²) in [6.45, 7) is 4.82. The lowest BCUT2D eigenvalue weighted by Crippen LogP contribution is -2.61. The predicted molar refractivity (Wildman–Crippen MR) is 194 cm³/mol. The third-order valence-corrected chi connectivity index (χ3v) is 15.2. The fourth-order valence-corrected chi connectivity index (χ4v) is 14.2. The van der Waals surface area contributed by atoms with Crippen LogP contribution in [0.2, 0.25) is 0 Å². The summed E-state index contributed by atoms with van der Waals surface area (Å²) < 4.78 is 0. The number of hydrogen-bond donors (Lipinski definition) is 0. The molecule has 0 bridgehead atoms. The quantitative estimate of drug-likeness (QED) is 0.169. The fourth-order valence-electron chi connectivity index (χ4n) is 8.24. The Labute approximate surface area is 268 Å². The van der Waals surface area contributed by atoms with E-state index in [0.29, 0.717) is 0 Å². The molecule has 0 spiro atoms. The van der Waals surface area contributed by atoms with E-state index in [4.69, 9.17) is 0 Å². The Morgan fingerprint density at radius 3 is 1.11 bits per heavy atom. The molecule has 2 aliphatic carbocycles. The van der Waals surface area contributed by atoms with Crippen LogP contribution in [0, 0.1) is 0 Å². The number of hydrogen-bond acceptors (Lipinski definition) is 0. The smallest absolute Gasteiger partial charge is 0.0679 e. The maximum Gasteiger partial charge on any atom is 0.180 e. The van der Waals surface area contributed by atoms with Crippen LogP contribution in [0.25, 0.3) is 32.6 Å². The van der Waals surface area contributed by atoms with Gasteiger partial charge in [0.25, 0.3) is 0 Å². The fraction of sp³-hybridized carbons (Fsp3) is 0.0909. The Morgan fingerprint density at radius 2 is 0.733 bits per heavy atom. The molecule has 6 aromatic rings. The van der Waals surface area contributed by atoms with Gasteiger partial charge in [-0.25, -0.2) is 0 Å². The number of benzene rings is 6. The topological polar surface area (TPSA) is 0 Å². The highest BCUT2D eigenvalue weighted by Gasteiger charge is 2.51. The number of rotatable bonds is 6. The van der Waals surface area contributed by atoms with Crippen molar-refractivity contribution in [2.75, 3.05) is 0 Å². The molecule has 6 aromatic carbocycles. The Kier molecular flexibility index (Phi) is 6.85. The first-order chi connectivity index (χ1) is 22.2. The van der Waals surface area contributed by atoms with Crippen molar-refractivity contribution in [1.29, 1.82) is 0 Å². The van der Waals surface area contributed by atoms with Crippen LogP contribution in [0.5, 0.6) is 0 Å². The van der Waals surface area contributed by atoms with E-state index in [0.717, 1.165) is 12.8 Å². The third-order valence-electron chi connectivity index (χ3n) is 9.90. The van der Waals surface area contributed by atoms with Crippen LogP contribution in [-0.2, 0) is 12.8 Å². The summed E-state index contributed by atoms with van der Waals surface area (Å²) in [6.07, 6.45) is 1.97. The Morgan fingerprint density at radius 1 is 0.378 bits per heavy atom. The molecule has 2 aliphatic rings. The Hall–Kier alpha value is -4.98. The minimum absolute atomic E-state index is 0.985. The summed E-state index contributed by atoms with van der Waals surface area (Å²) in [5, 5.41) is 6.04. The van der Waals surface area contributed by atoms with Crippen LogP contribution < -0.4 is 10.4 Å². The molecule has 0 saturated heterocycles. The van der Waals surface area contributed by atoms with Crippen molar-refractivity contribution >= 4 is 28.8 Å². The minimum Gasteiger partial charge on any atom is -0.0679 e. The molecule has 0 radical (unpaired) electrons. The van der Waals surface area contributed by atoms with Crippen LogP contribution >= 0.6 is 0 Å². The molecule has 8 rings (SSSR count). The average molecular weight is 593 g/mol. The molecule has 0 saturated carbocycles. The highest BCUT2D eigenvalue weighted by molar-refractivity contribution is 7.26. The average Bonchev–Trinajstić information content (AvgIpc) is 3.63. The molecule has 216 valence electrons. The van der Waals surface area contributed by atoms with E-state index in [9.17, 15) is 0 Å². The second-order valence-electron chi connectivity index (χ2n) is 12.6. The van der Waals surface area contributed by atoms with E-state index in [1.807, 2.05) is 0 Å². The van der Waals surface area contributed by atoms with Gasteiger partial charge in [0.05, 0.1) is 0 Å². The largest absolute Gasteiger partial charge is 0.180 e. The normalized spacial score (nSPS) is 14.1. The zero-order valence-electron chi connectivity index (χ0n) is 25.9. The summed E-state index contributed by atoms with van der Waals surface area (Å²) in [4.78, 5) is 0. The van der Waals surface area contributed by atoms with Gasteiger partial charge >= 0.3 is 0 Å². The molecule has 0 fully saturated rings. The Balaban J connectivity index is 1.54. The summed E-state index contributed by atoms with van der Waals surface area (Å²) in [7, 11) is -2.88. The summed E-state index contributed by atoms with van der Waals surface area (Å²) in [5.41, 5.74) is 14.0. The molecular formula is C44H36Si. The summed E-state index contributed by atoms with van der Waals surface area (Å²) in [6, 6.07) is 59.0. The molecule has 45 heavy (non-hydrogen) atoms. The monoisotopic (exact) mass is 592 g/mol. The van der Waals surface area contributed by atoms with Gasteiger partial charge in [0.1, 0.15) is 0 Å². The van der Waals surface area contributed by atoms with E-state index in [2.05, 4.69) is 172 Å². The van der Waals surface area contributed by atoms with Crippen LogP contribution in [-0.4, -0.2) is 8.07 Å². The molecular weight excluding hydrogens is 557 g/mol. The van der Waals surface area contributed by atoms with Gasteiger partial charge in [-0.15, -0.1) is 0 Å². The molecule has 1 heteroatoms. The first-order valence-electron chi connectivity index (χ1n) is 16.0. The van der Waals surface area contributed by atoms with Crippen molar-refractivity contribution < 1.29 is 0 Å². The van der Waals surface area contributed by atoms with Crippen LogP contribution in [0.3, 0.4) is 0 Å². The standard InChI is InChI=1S/C44H36Si/c1-31-29-35-21-15-27-39(33-17-7-3-8-18-33)41(35)43(31)45(37-23-11-5-12-24-37,38-25-13-6-14-26-38)44-32(2)30-36-22-16-28-40(42(36)44)34-19-9-4-10-20-34/h3-28H,29-30H2,1-2H3. The summed E-state index contributed by atoms with van der Waals surface area (Å²) >= 11 is 0. The zero-order chi connectivity index (χ0) is 30.4.